The largest absolute Gasteiger partial charge is 0.279 e. The fourth-order valence-corrected chi connectivity index (χ4v) is 0.637. The number of hydrogen-bond donors (Lipinski definition) is 4. The number of hydrazine groups is 2. The minimum Gasteiger partial charge on any atom is -0.279 e. The Balaban J connectivity index is 3.49. The maximum atomic E-state index is 10.8. The molecule has 10 heavy (non-hydrogen) atoms. The van der Waals surface area contributed by atoms with Gasteiger partial charge in [-0.05, 0) is 0 Å². The van der Waals surface area contributed by atoms with Crippen LogP contribution in [-0.4, -0.2) is 29.8 Å². The molecule has 0 aliphatic carbocycles. The number of rotatable bonds is 4. The van der Waals surface area contributed by atoms with Crippen molar-refractivity contribution in [3.63, 3.8) is 0 Å². The van der Waals surface area contributed by atoms with Crippen molar-refractivity contribution in [2.24, 2.45) is 11.7 Å². The van der Waals surface area contributed by atoms with E-state index in [4.69, 9.17) is 11.7 Å². The Morgan fingerprint density at radius 2 is 2.30 bits per heavy atom. The summed E-state index contributed by atoms with van der Waals surface area (Å²) in [5, 5.41) is 1.08. The average Bonchev–Trinajstić information content (AvgIpc) is 1.89. The summed E-state index contributed by atoms with van der Waals surface area (Å²) in [7, 11) is 0. The Kier molecular flexibility index (Phi) is 5.32. The van der Waals surface area contributed by atoms with Crippen molar-refractivity contribution in [1.29, 1.82) is 0 Å². The van der Waals surface area contributed by atoms with Gasteiger partial charge in [0.05, 0.1) is 6.54 Å². The number of nitrogens with two attached hydrogens (primary N) is 2. The standard InChI is InChI=1S/C4H12N4OS/c5-7-3-4(9)8(6)1-2-10/h7,10H,1-3,5-6H2. The molecule has 0 aromatic rings. The lowest BCUT2D eigenvalue weighted by molar-refractivity contribution is -0.130. The molecule has 0 aromatic heterocycles. The highest BCUT2D eigenvalue weighted by atomic mass is 32.1. The summed E-state index contributed by atoms with van der Waals surface area (Å²) >= 11 is 3.90. The minimum atomic E-state index is -0.239. The average molecular weight is 164 g/mol. The third-order valence-electron chi connectivity index (χ3n) is 0.915. The summed E-state index contributed by atoms with van der Waals surface area (Å²) in [6.45, 7) is 0.494. The van der Waals surface area contributed by atoms with Crippen molar-refractivity contribution >= 4 is 18.5 Å². The number of nitrogens with one attached hydrogen (secondary N) is 1. The molecular formula is C4H12N4OS. The van der Waals surface area contributed by atoms with Crippen LogP contribution < -0.4 is 17.1 Å². The maximum Gasteiger partial charge on any atom is 0.251 e. The molecule has 5 N–H and O–H groups in total. The fraction of sp³-hybridized carbons (Fsp3) is 0.750. The molecule has 0 saturated carbocycles. The van der Waals surface area contributed by atoms with Gasteiger partial charge >= 0.3 is 0 Å². The smallest absolute Gasteiger partial charge is 0.251 e. The zero-order valence-corrected chi connectivity index (χ0v) is 6.47. The fourth-order valence-electron chi connectivity index (χ4n) is 0.421. The number of nitrogens with zero attached hydrogens (tertiary/aromatic N) is 1. The molecule has 0 bridgehead atoms. The van der Waals surface area contributed by atoms with Crippen LogP contribution in [0.3, 0.4) is 0 Å². The van der Waals surface area contributed by atoms with Crippen LogP contribution in [0.1, 0.15) is 0 Å². The molecule has 60 valence electrons. The molecular weight excluding hydrogens is 152 g/mol. The molecule has 0 saturated heterocycles. The topological polar surface area (TPSA) is 84.4 Å². The zero-order valence-electron chi connectivity index (χ0n) is 5.58. The molecule has 0 aliphatic heterocycles. The number of thiol groups is 1. The van der Waals surface area contributed by atoms with Gasteiger partial charge in [0.25, 0.3) is 5.91 Å². The Bertz CT molecular complexity index is 109. The normalized spacial score (nSPS) is 9.50. The van der Waals surface area contributed by atoms with E-state index in [9.17, 15) is 4.79 Å². The van der Waals surface area contributed by atoms with Crippen molar-refractivity contribution in [3.05, 3.63) is 0 Å². The van der Waals surface area contributed by atoms with Gasteiger partial charge < -0.3 is 0 Å². The molecule has 0 unspecified atom stereocenters. The van der Waals surface area contributed by atoms with Crippen molar-refractivity contribution < 1.29 is 4.79 Å². The first kappa shape index (κ1) is 9.70. The van der Waals surface area contributed by atoms with Crippen molar-refractivity contribution in [2.75, 3.05) is 18.8 Å². The quantitative estimate of drug-likeness (QED) is 0.169. The monoisotopic (exact) mass is 164 g/mol. The highest BCUT2D eigenvalue weighted by molar-refractivity contribution is 7.80. The number of amides is 1. The summed E-state index contributed by atoms with van der Waals surface area (Å²) in [6.07, 6.45) is 0. The van der Waals surface area contributed by atoms with Gasteiger partial charge in [-0.25, -0.2) is 5.84 Å². The first-order valence-corrected chi connectivity index (χ1v) is 3.45. The second-order valence-electron chi connectivity index (χ2n) is 1.69. The molecule has 0 rings (SSSR count). The van der Waals surface area contributed by atoms with Crippen LogP contribution in [0.4, 0.5) is 0 Å². The van der Waals surface area contributed by atoms with Crippen LogP contribution in [0, 0.1) is 0 Å². The summed E-state index contributed by atoms with van der Waals surface area (Å²) in [5.41, 5.74) is 2.21. The lowest BCUT2D eigenvalue weighted by atomic mass is 10.5. The van der Waals surface area contributed by atoms with E-state index < -0.39 is 0 Å². The van der Waals surface area contributed by atoms with E-state index >= 15 is 0 Å². The third kappa shape index (κ3) is 3.67. The molecule has 0 atom stereocenters. The lowest BCUT2D eigenvalue weighted by Gasteiger charge is -2.13. The third-order valence-corrected chi connectivity index (χ3v) is 1.11. The molecule has 0 heterocycles. The number of hydrogen-bond acceptors (Lipinski definition) is 5. The van der Waals surface area contributed by atoms with Gasteiger partial charge in [0.2, 0.25) is 0 Å². The Morgan fingerprint density at radius 1 is 1.70 bits per heavy atom. The van der Waals surface area contributed by atoms with Crippen LogP contribution in [0.5, 0.6) is 0 Å². The Hall–Kier alpha value is -0.300. The lowest BCUT2D eigenvalue weighted by Crippen LogP contribution is -2.45. The molecule has 1 amide bonds. The summed E-state index contributed by atoms with van der Waals surface area (Å²) in [4.78, 5) is 10.8. The van der Waals surface area contributed by atoms with Crippen LogP contribution in [-0.2, 0) is 4.79 Å². The second kappa shape index (κ2) is 5.48. The van der Waals surface area contributed by atoms with E-state index in [1.54, 1.807) is 0 Å². The van der Waals surface area contributed by atoms with E-state index in [0.717, 1.165) is 5.01 Å². The van der Waals surface area contributed by atoms with E-state index in [-0.39, 0.29) is 12.5 Å². The first-order chi connectivity index (χ1) is 4.72. The van der Waals surface area contributed by atoms with Crippen molar-refractivity contribution in [1.82, 2.24) is 10.4 Å². The van der Waals surface area contributed by atoms with Crippen LogP contribution in [0.15, 0.2) is 0 Å². The molecule has 5 nitrogen and oxygen atoms in total. The van der Waals surface area contributed by atoms with Gasteiger partial charge in [0, 0.05) is 12.3 Å². The molecule has 0 spiro atoms. The minimum absolute atomic E-state index is 0.0598. The van der Waals surface area contributed by atoms with Crippen molar-refractivity contribution in [2.45, 2.75) is 0 Å². The molecule has 0 fully saturated rings. The highest BCUT2D eigenvalue weighted by Gasteiger charge is 2.05. The van der Waals surface area contributed by atoms with E-state index in [0.29, 0.717) is 12.3 Å². The summed E-state index contributed by atoms with van der Waals surface area (Å²) in [5.74, 6) is 10.5. The predicted octanol–water partition coefficient (Wildman–Crippen LogP) is -1.92. The highest BCUT2D eigenvalue weighted by Crippen LogP contribution is 1.80. The van der Waals surface area contributed by atoms with Gasteiger partial charge in [0.15, 0.2) is 0 Å². The van der Waals surface area contributed by atoms with Gasteiger partial charge in [-0.1, -0.05) is 0 Å². The Labute approximate surface area is 65.1 Å². The molecule has 0 aromatic carbocycles. The van der Waals surface area contributed by atoms with Gasteiger partial charge in [-0.2, -0.15) is 12.6 Å². The maximum absolute atomic E-state index is 10.8. The second-order valence-corrected chi connectivity index (χ2v) is 2.14. The number of carbonyl (C=O) groups is 1. The zero-order chi connectivity index (χ0) is 7.98. The van der Waals surface area contributed by atoms with Gasteiger partial charge in [0.1, 0.15) is 0 Å². The summed E-state index contributed by atoms with van der Waals surface area (Å²) in [6, 6.07) is 0. The van der Waals surface area contributed by atoms with E-state index in [1.165, 1.54) is 0 Å². The van der Waals surface area contributed by atoms with Crippen LogP contribution in [0.2, 0.25) is 0 Å². The van der Waals surface area contributed by atoms with E-state index in [2.05, 4.69) is 18.1 Å². The molecule has 6 heteroatoms. The first-order valence-electron chi connectivity index (χ1n) is 2.81. The Morgan fingerprint density at radius 3 is 2.70 bits per heavy atom. The van der Waals surface area contributed by atoms with Crippen LogP contribution >= 0.6 is 12.6 Å². The van der Waals surface area contributed by atoms with E-state index in [1.807, 2.05) is 0 Å². The summed E-state index contributed by atoms with van der Waals surface area (Å²) < 4.78 is 0. The SMILES string of the molecule is NNCC(=O)N(N)CCS. The predicted molar refractivity (Wildman–Crippen MR) is 41.9 cm³/mol. The van der Waals surface area contributed by atoms with Gasteiger partial charge in [-0.15, -0.1) is 0 Å². The molecule has 0 radical (unpaired) electrons. The van der Waals surface area contributed by atoms with Crippen molar-refractivity contribution in [3.8, 4) is 0 Å². The van der Waals surface area contributed by atoms with Gasteiger partial charge in [-0.3, -0.25) is 21.1 Å². The molecule has 0 aliphatic rings. The van der Waals surface area contributed by atoms with Crippen LogP contribution in [0.25, 0.3) is 0 Å². The number of carbonyl (C=O) groups excluding carboxylic acids is 1.